The van der Waals surface area contributed by atoms with Gasteiger partial charge in [-0.2, -0.15) is 0 Å². The van der Waals surface area contributed by atoms with Gasteiger partial charge in [-0.1, -0.05) is 24.3 Å². The molecule has 6 nitrogen and oxygen atoms in total. The Morgan fingerprint density at radius 2 is 1.86 bits per heavy atom. The van der Waals surface area contributed by atoms with Gasteiger partial charge in [-0.25, -0.2) is 4.79 Å². The van der Waals surface area contributed by atoms with E-state index in [0.717, 1.165) is 32.4 Å². The molecule has 1 fully saturated rings. The molecule has 2 heterocycles. The van der Waals surface area contributed by atoms with E-state index >= 15 is 0 Å². The van der Waals surface area contributed by atoms with E-state index in [2.05, 4.69) is 15.9 Å². The summed E-state index contributed by atoms with van der Waals surface area (Å²) >= 11 is 3.57. The third-order valence-corrected chi connectivity index (χ3v) is 5.67. The van der Waals surface area contributed by atoms with Gasteiger partial charge in [-0.3, -0.25) is 14.6 Å². The fraction of sp³-hybridized carbons (Fsp3) is 0.238. The molecule has 0 saturated carbocycles. The van der Waals surface area contributed by atoms with Crippen LogP contribution in [0.1, 0.15) is 12.0 Å². The first-order valence-corrected chi connectivity index (χ1v) is 9.77. The van der Waals surface area contributed by atoms with Gasteiger partial charge in [-0.05, 0) is 39.7 Å². The van der Waals surface area contributed by atoms with Crippen LogP contribution in [0, 0.1) is 0 Å². The van der Waals surface area contributed by atoms with Crippen molar-refractivity contribution in [2.75, 3.05) is 18.6 Å². The number of fused-ring (bicyclic) bond motifs is 1. The van der Waals surface area contributed by atoms with Crippen LogP contribution in [-0.4, -0.2) is 35.1 Å². The van der Waals surface area contributed by atoms with E-state index in [9.17, 15) is 9.59 Å². The molecule has 7 heteroatoms. The number of halogens is 1. The second-order valence-corrected chi connectivity index (χ2v) is 7.63. The smallest absolute Gasteiger partial charge is 0.331 e. The predicted octanol–water partition coefficient (Wildman–Crippen LogP) is 4.31. The highest BCUT2D eigenvalue weighted by Crippen LogP contribution is 2.34. The summed E-state index contributed by atoms with van der Waals surface area (Å²) in [6, 6.07) is 13.0. The van der Waals surface area contributed by atoms with Gasteiger partial charge in [0.05, 0.1) is 24.9 Å². The number of methoxy groups -OCH3 is 1. The van der Waals surface area contributed by atoms with Crippen molar-refractivity contribution < 1.29 is 14.3 Å². The van der Waals surface area contributed by atoms with Crippen LogP contribution in [0.2, 0.25) is 0 Å². The molecule has 1 saturated heterocycles. The van der Waals surface area contributed by atoms with Crippen molar-refractivity contribution in [1.29, 1.82) is 0 Å². The fourth-order valence-corrected chi connectivity index (χ4v) is 4.23. The Kier molecular flexibility index (Phi) is 4.85. The number of benzene rings is 2. The van der Waals surface area contributed by atoms with Crippen molar-refractivity contribution in [2.45, 2.75) is 13.0 Å². The molecule has 0 spiro atoms. The Morgan fingerprint density at radius 3 is 2.57 bits per heavy atom. The highest BCUT2D eigenvalue weighted by molar-refractivity contribution is 9.10. The summed E-state index contributed by atoms with van der Waals surface area (Å²) < 4.78 is 8.14. The van der Waals surface area contributed by atoms with Crippen LogP contribution in [-0.2, 0) is 18.4 Å². The van der Waals surface area contributed by atoms with Crippen molar-refractivity contribution in [3.63, 3.8) is 0 Å². The van der Waals surface area contributed by atoms with Crippen molar-refractivity contribution in [3.8, 4) is 5.75 Å². The molecular weight excluding hydrogens is 422 g/mol. The van der Waals surface area contributed by atoms with Crippen LogP contribution in [0.5, 0.6) is 5.75 Å². The molecule has 2 aromatic carbocycles. The van der Waals surface area contributed by atoms with E-state index in [1.165, 1.54) is 4.90 Å². The number of nitrogens with zero attached hydrogens (tertiary/aromatic N) is 3. The highest BCUT2D eigenvalue weighted by Gasteiger charge is 2.34. The number of imide groups is 1. The summed E-state index contributed by atoms with van der Waals surface area (Å²) in [5, 5.41) is 1.03. The predicted molar refractivity (Wildman–Crippen MR) is 112 cm³/mol. The minimum absolute atomic E-state index is 0.155. The first-order chi connectivity index (χ1) is 13.5. The molecule has 0 unspecified atom stereocenters. The number of urea groups is 1. The summed E-state index contributed by atoms with van der Waals surface area (Å²) in [4.78, 5) is 28.7. The average molecular weight is 442 g/mol. The minimum Gasteiger partial charge on any atom is -0.497 e. The fourth-order valence-electron chi connectivity index (χ4n) is 3.60. The van der Waals surface area contributed by atoms with Gasteiger partial charge in [0.15, 0.2) is 0 Å². The Bertz CT molecular complexity index is 1060. The molecule has 0 N–H and O–H groups in total. The van der Waals surface area contributed by atoms with E-state index < -0.39 is 0 Å². The molecule has 0 radical (unpaired) electrons. The van der Waals surface area contributed by atoms with Crippen LogP contribution < -0.4 is 9.64 Å². The number of ether oxygens (including phenoxy) is 1. The van der Waals surface area contributed by atoms with Gasteiger partial charge in [-0.15, -0.1) is 0 Å². The zero-order valence-electron chi connectivity index (χ0n) is 15.7. The minimum atomic E-state index is -0.295. The van der Waals surface area contributed by atoms with Gasteiger partial charge in [0.2, 0.25) is 5.91 Å². The number of anilines is 1. The molecule has 1 aliphatic rings. The van der Waals surface area contributed by atoms with Crippen LogP contribution >= 0.6 is 15.9 Å². The van der Waals surface area contributed by atoms with Gasteiger partial charge in [0, 0.05) is 36.1 Å². The number of amides is 3. The lowest BCUT2D eigenvalue weighted by Crippen LogP contribution is -2.52. The molecular formula is C21H20BrN3O3. The van der Waals surface area contributed by atoms with Crippen molar-refractivity contribution in [3.05, 3.63) is 58.7 Å². The van der Waals surface area contributed by atoms with Gasteiger partial charge >= 0.3 is 6.03 Å². The van der Waals surface area contributed by atoms with Crippen molar-refractivity contribution in [1.82, 2.24) is 9.47 Å². The average Bonchev–Trinajstić information content (AvgIpc) is 3.00. The highest BCUT2D eigenvalue weighted by atomic mass is 79.9. The summed E-state index contributed by atoms with van der Waals surface area (Å²) in [5.41, 5.74) is 2.65. The summed E-state index contributed by atoms with van der Waals surface area (Å²) in [6.07, 6.45) is 2.27. The van der Waals surface area contributed by atoms with Crippen LogP contribution in [0.25, 0.3) is 10.9 Å². The summed E-state index contributed by atoms with van der Waals surface area (Å²) in [7, 11) is 3.55. The van der Waals surface area contributed by atoms with Crippen molar-refractivity contribution in [2.24, 2.45) is 7.05 Å². The third kappa shape index (κ3) is 3.16. The second kappa shape index (κ2) is 7.31. The van der Waals surface area contributed by atoms with Crippen LogP contribution in [0.3, 0.4) is 0 Å². The Morgan fingerprint density at radius 1 is 1.11 bits per heavy atom. The zero-order chi connectivity index (χ0) is 19.8. The largest absolute Gasteiger partial charge is 0.497 e. The van der Waals surface area contributed by atoms with E-state index in [0.29, 0.717) is 13.0 Å². The third-order valence-electron chi connectivity index (χ3n) is 5.03. The molecule has 1 aliphatic heterocycles. The molecule has 4 rings (SSSR count). The molecule has 144 valence electrons. The number of hydrogen-bond acceptors (Lipinski definition) is 3. The molecule has 3 aromatic rings. The number of aryl methyl sites for hydroxylation is 1. The zero-order valence-corrected chi connectivity index (χ0v) is 17.3. The second-order valence-electron chi connectivity index (χ2n) is 6.77. The number of hydrogen-bond donors (Lipinski definition) is 0. The van der Waals surface area contributed by atoms with Crippen LogP contribution in [0.15, 0.2) is 53.1 Å². The quantitative estimate of drug-likeness (QED) is 0.605. The number of rotatable bonds is 4. The Hall–Kier alpha value is -2.80. The molecule has 28 heavy (non-hydrogen) atoms. The topological polar surface area (TPSA) is 54.8 Å². The lowest BCUT2D eigenvalue weighted by atomic mass is 10.1. The number of carbonyl (C=O) groups is 2. The Labute approximate surface area is 171 Å². The maximum atomic E-state index is 13.2. The number of carbonyl (C=O) groups excluding carboxylic acids is 2. The van der Waals surface area contributed by atoms with E-state index in [4.69, 9.17) is 4.74 Å². The van der Waals surface area contributed by atoms with E-state index in [-0.39, 0.29) is 18.5 Å². The van der Waals surface area contributed by atoms with Crippen LogP contribution in [0.4, 0.5) is 10.5 Å². The van der Waals surface area contributed by atoms with Gasteiger partial charge in [0.25, 0.3) is 0 Å². The summed E-state index contributed by atoms with van der Waals surface area (Å²) in [5.74, 6) is 0.583. The van der Waals surface area contributed by atoms with E-state index in [1.807, 2.05) is 60.3 Å². The van der Waals surface area contributed by atoms with E-state index in [1.54, 1.807) is 12.0 Å². The molecule has 0 atom stereocenters. The molecule has 3 amide bonds. The first-order valence-electron chi connectivity index (χ1n) is 8.98. The maximum Gasteiger partial charge on any atom is 0.331 e. The number of para-hydroxylation sites is 1. The molecule has 0 bridgehead atoms. The molecule has 0 aliphatic carbocycles. The Balaban J connectivity index is 1.67. The monoisotopic (exact) mass is 441 g/mol. The maximum absolute atomic E-state index is 13.2. The first kappa shape index (κ1) is 18.6. The SMILES string of the molecule is COc1ccc(CN2C(=O)CCN(c3cccc4c(Br)cn(C)c34)C2=O)cc1. The van der Waals surface area contributed by atoms with Gasteiger partial charge in [0.1, 0.15) is 5.75 Å². The lowest BCUT2D eigenvalue weighted by Gasteiger charge is -2.34. The van der Waals surface area contributed by atoms with Crippen molar-refractivity contribution >= 4 is 44.5 Å². The van der Waals surface area contributed by atoms with Gasteiger partial charge < -0.3 is 9.30 Å². The number of aromatic nitrogens is 1. The lowest BCUT2D eigenvalue weighted by molar-refractivity contribution is -0.129. The normalized spacial score (nSPS) is 14.8. The summed E-state index contributed by atoms with van der Waals surface area (Å²) in [6.45, 7) is 0.615. The molecule has 1 aromatic heterocycles. The standard InChI is InChI=1S/C21H20BrN3O3/c1-23-13-17(22)16-4-3-5-18(20(16)23)24-11-10-19(26)25(21(24)27)12-14-6-8-15(28-2)9-7-14/h3-9,13H,10-12H2,1-2H3.